The maximum atomic E-state index is 12.3. The quantitative estimate of drug-likeness (QED) is 0.580. The highest BCUT2D eigenvalue weighted by molar-refractivity contribution is 7.99. The number of carbonyl (C=O) groups excluding carboxylic acids is 3. The lowest BCUT2D eigenvalue weighted by Gasteiger charge is -2.17. The zero-order chi connectivity index (χ0) is 20.3. The molecule has 0 bridgehead atoms. The van der Waals surface area contributed by atoms with Crippen molar-refractivity contribution in [2.45, 2.75) is 31.5 Å². The van der Waals surface area contributed by atoms with Crippen molar-refractivity contribution in [1.82, 2.24) is 10.3 Å². The van der Waals surface area contributed by atoms with Gasteiger partial charge in [0.25, 0.3) is 0 Å². The predicted octanol–water partition coefficient (Wildman–Crippen LogP) is 2.06. The van der Waals surface area contributed by atoms with E-state index in [4.69, 9.17) is 5.26 Å². The van der Waals surface area contributed by atoms with Gasteiger partial charge in [0.2, 0.25) is 17.6 Å². The Morgan fingerprint density at radius 3 is 2.67 bits per heavy atom. The largest absolute Gasteiger partial charge is 0.450 e. The molecule has 1 aromatic rings. The van der Waals surface area contributed by atoms with Crippen molar-refractivity contribution < 1.29 is 27.6 Å². The topological polar surface area (TPSA) is 112 Å². The third-order valence-corrected chi connectivity index (χ3v) is 4.19. The molecule has 0 saturated carbocycles. The van der Waals surface area contributed by atoms with E-state index in [0.29, 0.717) is 5.69 Å². The number of amides is 2. The third-order valence-electron chi connectivity index (χ3n) is 3.15. The van der Waals surface area contributed by atoms with Gasteiger partial charge in [-0.15, -0.1) is 0 Å². The van der Waals surface area contributed by atoms with E-state index in [1.165, 1.54) is 12.4 Å². The molecule has 146 valence electrons. The van der Waals surface area contributed by atoms with Crippen molar-refractivity contribution in [1.29, 1.82) is 5.26 Å². The highest BCUT2D eigenvalue weighted by Gasteiger charge is 2.37. The van der Waals surface area contributed by atoms with Crippen molar-refractivity contribution in [2.24, 2.45) is 0 Å². The molecule has 0 saturated heterocycles. The van der Waals surface area contributed by atoms with Crippen LogP contribution in [-0.4, -0.2) is 46.3 Å². The van der Waals surface area contributed by atoms with E-state index in [0.717, 1.165) is 11.8 Å². The Morgan fingerprint density at radius 2 is 2.07 bits per heavy atom. The number of carbonyl (C=O) groups is 3. The number of hydrogen-bond donors (Lipinski definition) is 2. The summed E-state index contributed by atoms with van der Waals surface area (Å²) in [7, 11) is 0. The van der Waals surface area contributed by atoms with Crippen LogP contribution in [0.25, 0.3) is 0 Å². The number of anilines is 1. The molecule has 2 amide bonds. The van der Waals surface area contributed by atoms with E-state index in [1.807, 2.05) is 0 Å². The van der Waals surface area contributed by atoms with Crippen molar-refractivity contribution in [3.05, 3.63) is 24.5 Å². The number of thioether (sulfide) groups is 1. The molecular weight excluding hydrogens is 385 g/mol. The van der Waals surface area contributed by atoms with Gasteiger partial charge in [-0.2, -0.15) is 30.2 Å². The summed E-state index contributed by atoms with van der Waals surface area (Å²) >= 11 is 0.799. The average Bonchev–Trinajstić information content (AvgIpc) is 2.60. The number of ketones is 1. The summed E-state index contributed by atoms with van der Waals surface area (Å²) < 4.78 is 36.4. The second-order valence-corrected chi connectivity index (χ2v) is 6.41. The lowest BCUT2D eigenvalue weighted by Crippen LogP contribution is -2.43. The first-order valence-corrected chi connectivity index (χ1v) is 8.94. The smallest absolute Gasteiger partial charge is 0.343 e. The van der Waals surface area contributed by atoms with Gasteiger partial charge in [-0.05, 0) is 30.7 Å². The van der Waals surface area contributed by atoms with Gasteiger partial charge in [-0.25, -0.2) is 0 Å². The minimum atomic E-state index is -4.86. The molecule has 11 heteroatoms. The van der Waals surface area contributed by atoms with Gasteiger partial charge < -0.3 is 10.6 Å². The van der Waals surface area contributed by atoms with Crippen LogP contribution in [0.1, 0.15) is 19.3 Å². The Bertz CT molecular complexity index is 692. The van der Waals surface area contributed by atoms with Crippen LogP contribution in [0.5, 0.6) is 0 Å². The highest BCUT2D eigenvalue weighted by Crippen LogP contribution is 2.19. The summed E-state index contributed by atoms with van der Waals surface area (Å²) in [5.41, 5.74) is 0.409. The number of nitriles is 1. The molecule has 1 atom stereocenters. The average molecular weight is 402 g/mol. The summed E-state index contributed by atoms with van der Waals surface area (Å²) in [5, 5.41) is 13.5. The van der Waals surface area contributed by atoms with Gasteiger partial charge in [0.15, 0.2) is 0 Å². The van der Waals surface area contributed by atoms with Crippen molar-refractivity contribution >= 4 is 35.0 Å². The fourth-order valence-electron chi connectivity index (χ4n) is 1.89. The van der Waals surface area contributed by atoms with E-state index < -0.39 is 42.0 Å². The molecule has 0 aliphatic heterocycles. The molecule has 0 unspecified atom stereocenters. The molecule has 1 rings (SSSR count). The lowest BCUT2D eigenvalue weighted by atomic mass is 10.1. The van der Waals surface area contributed by atoms with Crippen LogP contribution in [0.2, 0.25) is 0 Å². The Balaban J connectivity index is 2.54. The fourth-order valence-corrected chi connectivity index (χ4v) is 2.75. The van der Waals surface area contributed by atoms with Crippen molar-refractivity contribution in [2.75, 3.05) is 16.8 Å². The Morgan fingerprint density at radius 1 is 1.33 bits per heavy atom. The van der Waals surface area contributed by atoms with E-state index in [-0.39, 0.29) is 18.6 Å². The predicted molar refractivity (Wildman–Crippen MR) is 92.6 cm³/mol. The van der Waals surface area contributed by atoms with Crippen LogP contribution in [0.15, 0.2) is 24.5 Å². The minimum absolute atomic E-state index is 0.135. The van der Waals surface area contributed by atoms with Gasteiger partial charge in [-0.1, -0.05) is 0 Å². The summed E-state index contributed by atoms with van der Waals surface area (Å²) in [6.07, 6.45) is -1.94. The Hall–Kier alpha value is -2.61. The van der Waals surface area contributed by atoms with Gasteiger partial charge in [0, 0.05) is 6.20 Å². The number of rotatable bonds is 10. The molecular formula is C16H17F3N4O3S. The number of Topliss-reactive ketones (excluding diaryl/α,β-unsaturated/α-hetero) is 1. The van der Waals surface area contributed by atoms with E-state index >= 15 is 0 Å². The monoisotopic (exact) mass is 402 g/mol. The minimum Gasteiger partial charge on any atom is -0.343 e. The number of nitrogens with one attached hydrogen (secondary N) is 2. The van der Waals surface area contributed by atoms with E-state index in [2.05, 4.69) is 15.6 Å². The van der Waals surface area contributed by atoms with Crippen molar-refractivity contribution in [3.8, 4) is 6.07 Å². The summed E-state index contributed by atoms with van der Waals surface area (Å²) in [4.78, 5) is 38.5. The number of halogens is 3. The van der Waals surface area contributed by atoms with Gasteiger partial charge >= 0.3 is 6.18 Å². The van der Waals surface area contributed by atoms with Crippen molar-refractivity contribution in [3.63, 3.8) is 0 Å². The zero-order valence-corrected chi connectivity index (χ0v) is 14.9. The fraction of sp³-hybridized carbons (Fsp3) is 0.438. The Kier molecular flexibility index (Phi) is 9.29. The van der Waals surface area contributed by atoms with Gasteiger partial charge in [0.05, 0.1) is 23.7 Å². The molecule has 7 nitrogen and oxygen atoms in total. The standard InChI is InChI=1S/C16H17F3N4O3S/c17-16(18,19)13(24)10-27-8-2-4-12(23-14(25)5-6-20)15(26)22-11-3-1-7-21-9-11/h1,3,7,9,12H,2,4-5,8,10H2,(H,22,26)(H,23,25)/t12-/m0/s1. The number of alkyl halides is 3. The second kappa shape index (κ2) is 11.2. The van der Waals surface area contributed by atoms with E-state index in [1.54, 1.807) is 18.2 Å². The first kappa shape index (κ1) is 22.4. The number of aromatic nitrogens is 1. The molecule has 2 N–H and O–H groups in total. The summed E-state index contributed by atoms with van der Waals surface area (Å²) in [6, 6.07) is 3.89. The highest BCUT2D eigenvalue weighted by atomic mass is 32.2. The molecule has 27 heavy (non-hydrogen) atoms. The SMILES string of the molecule is N#CCC(=O)N[C@@H](CCCSCC(=O)C(F)(F)F)C(=O)Nc1cccnc1. The number of pyridine rings is 1. The summed E-state index contributed by atoms with van der Waals surface area (Å²) in [6.45, 7) is 0. The molecule has 0 radical (unpaired) electrons. The van der Waals surface area contributed by atoms with Crippen LogP contribution in [0.4, 0.5) is 18.9 Å². The molecule has 0 spiro atoms. The summed E-state index contributed by atoms with van der Waals surface area (Å²) in [5.74, 6) is -3.49. The lowest BCUT2D eigenvalue weighted by molar-refractivity contribution is -0.167. The normalized spacial score (nSPS) is 11.9. The zero-order valence-electron chi connectivity index (χ0n) is 14.1. The number of hydrogen-bond acceptors (Lipinski definition) is 6. The molecule has 0 fully saturated rings. The molecule has 0 aliphatic rings. The van der Waals surface area contributed by atoms with Crippen LogP contribution in [-0.2, 0) is 14.4 Å². The molecule has 1 heterocycles. The van der Waals surface area contributed by atoms with Crippen LogP contribution < -0.4 is 10.6 Å². The van der Waals surface area contributed by atoms with Crippen LogP contribution >= 0.6 is 11.8 Å². The first-order valence-electron chi connectivity index (χ1n) is 7.79. The number of nitrogens with zero attached hydrogens (tertiary/aromatic N) is 2. The Labute approximate surface area is 157 Å². The van der Waals surface area contributed by atoms with Gasteiger partial charge in [-0.3, -0.25) is 19.4 Å². The second-order valence-electron chi connectivity index (χ2n) is 5.30. The molecule has 0 aliphatic carbocycles. The first-order chi connectivity index (χ1) is 12.7. The van der Waals surface area contributed by atoms with Gasteiger partial charge in [0.1, 0.15) is 12.5 Å². The van der Waals surface area contributed by atoms with Crippen LogP contribution in [0.3, 0.4) is 0 Å². The maximum Gasteiger partial charge on any atom is 0.450 e. The van der Waals surface area contributed by atoms with Crippen LogP contribution in [0, 0.1) is 11.3 Å². The molecule has 1 aromatic heterocycles. The maximum absolute atomic E-state index is 12.3. The van der Waals surface area contributed by atoms with E-state index in [9.17, 15) is 27.6 Å². The molecule has 0 aromatic carbocycles. The third kappa shape index (κ3) is 9.05.